The number of carbonyl (C=O) groups is 1. The lowest BCUT2D eigenvalue weighted by Crippen LogP contribution is -2.49. The van der Waals surface area contributed by atoms with E-state index in [4.69, 9.17) is 14.2 Å². The van der Waals surface area contributed by atoms with Crippen LogP contribution in [0.4, 0.5) is 0 Å². The maximum atomic E-state index is 13.6. The van der Waals surface area contributed by atoms with Crippen LogP contribution < -0.4 is 14.8 Å². The number of amides is 1. The Morgan fingerprint density at radius 2 is 1.64 bits per heavy atom. The number of nitrogens with one attached hydrogen (secondary N) is 1. The van der Waals surface area contributed by atoms with Crippen LogP contribution in [-0.2, 0) is 19.6 Å². The van der Waals surface area contributed by atoms with Crippen LogP contribution in [0.15, 0.2) is 64.6 Å². The van der Waals surface area contributed by atoms with Gasteiger partial charge in [0.1, 0.15) is 13.2 Å². The van der Waals surface area contributed by atoms with Crippen LogP contribution in [0.3, 0.4) is 0 Å². The molecule has 0 radical (unpaired) electrons. The van der Waals surface area contributed by atoms with E-state index >= 15 is 0 Å². The summed E-state index contributed by atoms with van der Waals surface area (Å²) >= 11 is 0. The minimum Gasteiger partial charge on any atom is -0.486 e. The van der Waals surface area contributed by atoms with E-state index in [1.807, 2.05) is 35.2 Å². The number of fused-ring (bicyclic) bond motifs is 1. The van der Waals surface area contributed by atoms with Crippen molar-refractivity contribution in [3.05, 3.63) is 65.2 Å². The average molecular weight is 512 g/mol. The molecular weight excluding hydrogens is 482 g/mol. The molecular formula is C26H29N3O6S. The van der Waals surface area contributed by atoms with Crippen LogP contribution >= 0.6 is 0 Å². The van der Waals surface area contributed by atoms with Crippen molar-refractivity contribution in [2.75, 3.05) is 59.2 Å². The van der Waals surface area contributed by atoms with Gasteiger partial charge in [0.15, 0.2) is 11.5 Å². The van der Waals surface area contributed by atoms with Crippen molar-refractivity contribution in [1.82, 2.24) is 14.5 Å². The van der Waals surface area contributed by atoms with Crippen molar-refractivity contribution < 1.29 is 27.4 Å². The van der Waals surface area contributed by atoms with Crippen molar-refractivity contribution in [2.45, 2.75) is 16.9 Å². The molecule has 6 rings (SSSR count). The van der Waals surface area contributed by atoms with Gasteiger partial charge in [0, 0.05) is 38.8 Å². The largest absolute Gasteiger partial charge is 0.486 e. The van der Waals surface area contributed by atoms with E-state index in [9.17, 15) is 13.2 Å². The molecule has 4 aliphatic rings. The molecule has 10 heteroatoms. The molecule has 0 unspecified atom stereocenters. The number of hydrogen-bond donors (Lipinski definition) is 1. The number of benzene rings is 2. The number of carbonyl (C=O) groups excluding carboxylic acids is 1. The predicted octanol–water partition coefficient (Wildman–Crippen LogP) is 1.37. The predicted molar refractivity (Wildman–Crippen MR) is 132 cm³/mol. The zero-order valence-corrected chi connectivity index (χ0v) is 20.7. The van der Waals surface area contributed by atoms with Gasteiger partial charge in [-0.25, -0.2) is 8.42 Å². The van der Waals surface area contributed by atoms with Gasteiger partial charge in [0.05, 0.1) is 30.1 Å². The monoisotopic (exact) mass is 511 g/mol. The Kier molecular flexibility index (Phi) is 6.20. The SMILES string of the molecule is O=C([C@@H](CNC1COC1)c1ccccc1)N1CC2=C(C1)CN(S(=O)(=O)c1ccc3c(c1)OCCO3)C2. The summed E-state index contributed by atoms with van der Waals surface area (Å²) < 4.78 is 44.5. The maximum Gasteiger partial charge on any atom is 0.243 e. The molecule has 1 atom stereocenters. The number of rotatable bonds is 7. The van der Waals surface area contributed by atoms with Crippen molar-refractivity contribution >= 4 is 15.9 Å². The highest BCUT2D eigenvalue weighted by molar-refractivity contribution is 7.89. The molecule has 2 aromatic carbocycles. The Morgan fingerprint density at radius 1 is 0.944 bits per heavy atom. The van der Waals surface area contributed by atoms with E-state index in [2.05, 4.69) is 5.32 Å². The van der Waals surface area contributed by atoms with Gasteiger partial charge in [0.25, 0.3) is 0 Å². The summed E-state index contributed by atoms with van der Waals surface area (Å²) in [6.07, 6.45) is 0. The molecule has 1 amide bonds. The van der Waals surface area contributed by atoms with E-state index in [1.54, 1.807) is 12.1 Å². The van der Waals surface area contributed by atoms with Crippen LogP contribution in [-0.4, -0.2) is 88.7 Å². The van der Waals surface area contributed by atoms with Gasteiger partial charge < -0.3 is 24.4 Å². The zero-order valence-electron chi connectivity index (χ0n) is 19.9. The first kappa shape index (κ1) is 23.5. The van der Waals surface area contributed by atoms with Gasteiger partial charge in [0.2, 0.25) is 15.9 Å². The summed E-state index contributed by atoms with van der Waals surface area (Å²) in [5.41, 5.74) is 3.00. The first-order valence-electron chi connectivity index (χ1n) is 12.2. The van der Waals surface area contributed by atoms with Gasteiger partial charge in [-0.2, -0.15) is 4.31 Å². The molecule has 0 spiro atoms. The molecule has 1 fully saturated rings. The number of nitrogens with zero attached hydrogens (tertiary/aromatic N) is 2. The molecule has 36 heavy (non-hydrogen) atoms. The van der Waals surface area contributed by atoms with Gasteiger partial charge in [-0.3, -0.25) is 4.79 Å². The van der Waals surface area contributed by atoms with E-state index in [0.717, 1.165) is 16.7 Å². The highest BCUT2D eigenvalue weighted by Crippen LogP contribution is 2.36. The Hall–Kier alpha value is -2.92. The smallest absolute Gasteiger partial charge is 0.243 e. The minimum absolute atomic E-state index is 0.0598. The average Bonchev–Trinajstić information content (AvgIpc) is 3.46. The van der Waals surface area contributed by atoms with Crippen LogP contribution in [0.2, 0.25) is 0 Å². The molecule has 0 saturated carbocycles. The van der Waals surface area contributed by atoms with Crippen molar-refractivity contribution in [3.63, 3.8) is 0 Å². The third-order valence-corrected chi connectivity index (χ3v) is 9.00. The lowest BCUT2D eigenvalue weighted by molar-refractivity contribution is -0.131. The maximum absolute atomic E-state index is 13.6. The fraction of sp³-hybridized carbons (Fsp3) is 0.423. The lowest BCUT2D eigenvalue weighted by Gasteiger charge is -2.31. The number of sulfonamides is 1. The molecule has 1 saturated heterocycles. The van der Waals surface area contributed by atoms with Gasteiger partial charge in [-0.05, 0) is 28.8 Å². The van der Waals surface area contributed by atoms with E-state index in [1.165, 1.54) is 10.4 Å². The first-order valence-corrected chi connectivity index (χ1v) is 13.7. The van der Waals surface area contributed by atoms with Crippen LogP contribution in [0.25, 0.3) is 0 Å². The van der Waals surface area contributed by atoms with E-state index in [-0.39, 0.29) is 22.8 Å². The highest BCUT2D eigenvalue weighted by Gasteiger charge is 2.39. The fourth-order valence-corrected chi connectivity index (χ4v) is 6.54. The highest BCUT2D eigenvalue weighted by atomic mass is 32.2. The Balaban J connectivity index is 1.12. The fourth-order valence-electron chi connectivity index (χ4n) is 5.10. The Labute approximate surface area is 210 Å². The molecule has 0 aliphatic carbocycles. The zero-order chi connectivity index (χ0) is 24.7. The summed E-state index contributed by atoms with van der Waals surface area (Å²) in [4.78, 5) is 15.6. The normalized spacial score (nSPS) is 20.8. The standard InChI is InChI=1S/C26H29N3O6S/c30-26(23(11-27-21-16-33-17-21)18-4-2-1-3-5-18)28-12-19-14-29(15-20(19)13-28)36(31,32)22-6-7-24-25(10-22)35-9-8-34-24/h1-7,10,21,23,27H,8-9,11-17H2/t23-/m0/s1. The third-order valence-electron chi connectivity index (χ3n) is 7.21. The molecule has 4 aliphatic heterocycles. The van der Waals surface area contributed by atoms with Crippen LogP contribution in [0, 0.1) is 0 Å². The van der Waals surface area contributed by atoms with Crippen LogP contribution in [0.1, 0.15) is 11.5 Å². The van der Waals surface area contributed by atoms with Crippen LogP contribution in [0.5, 0.6) is 11.5 Å². The summed E-state index contributed by atoms with van der Waals surface area (Å²) in [5.74, 6) is 0.769. The second-order valence-electron chi connectivity index (χ2n) is 9.59. The van der Waals surface area contributed by atoms with Crippen molar-refractivity contribution in [1.29, 1.82) is 0 Å². The van der Waals surface area contributed by atoms with E-state index in [0.29, 0.717) is 70.7 Å². The molecule has 0 bridgehead atoms. The Morgan fingerprint density at radius 3 is 2.31 bits per heavy atom. The number of ether oxygens (including phenoxy) is 3. The van der Waals surface area contributed by atoms with Gasteiger partial charge in [-0.1, -0.05) is 30.3 Å². The second-order valence-corrected chi connectivity index (χ2v) is 11.5. The summed E-state index contributed by atoms with van der Waals surface area (Å²) in [5, 5.41) is 3.45. The van der Waals surface area contributed by atoms with Gasteiger partial charge >= 0.3 is 0 Å². The quantitative estimate of drug-likeness (QED) is 0.561. The van der Waals surface area contributed by atoms with E-state index < -0.39 is 10.0 Å². The Bertz CT molecular complexity index is 1270. The summed E-state index contributed by atoms with van der Waals surface area (Å²) in [6.45, 7) is 4.23. The first-order chi connectivity index (χ1) is 17.5. The van der Waals surface area contributed by atoms with Gasteiger partial charge in [-0.15, -0.1) is 0 Å². The molecule has 9 nitrogen and oxygen atoms in total. The molecule has 2 aromatic rings. The number of hydrogen-bond acceptors (Lipinski definition) is 7. The summed E-state index contributed by atoms with van der Waals surface area (Å²) in [7, 11) is -3.70. The van der Waals surface area contributed by atoms with Crippen molar-refractivity contribution in [2.24, 2.45) is 0 Å². The molecule has 190 valence electrons. The topological polar surface area (TPSA) is 97.4 Å². The summed E-state index contributed by atoms with van der Waals surface area (Å²) in [6, 6.07) is 14.8. The molecule has 0 aromatic heterocycles. The molecule has 4 heterocycles. The third kappa shape index (κ3) is 4.39. The molecule has 1 N–H and O–H groups in total. The minimum atomic E-state index is -3.70. The van der Waals surface area contributed by atoms with Crippen molar-refractivity contribution in [3.8, 4) is 11.5 Å². The lowest BCUT2D eigenvalue weighted by atomic mass is 9.97. The second kappa shape index (κ2) is 9.51.